The largest absolute Gasteiger partial charge is 0.327 e. The molecule has 0 heterocycles. The van der Waals surface area contributed by atoms with Crippen molar-refractivity contribution in [2.24, 2.45) is 17.1 Å². The minimum atomic E-state index is 0. The highest BCUT2D eigenvalue weighted by Gasteiger charge is 2.70. The highest BCUT2D eigenvalue weighted by atomic mass is 35.5. The number of benzene rings is 1. The van der Waals surface area contributed by atoms with Crippen LogP contribution in [0.5, 0.6) is 0 Å². The van der Waals surface area contributed by atoms with E-state index in [-0.39, 0.29) is 12.4 Å². The minimum Gasteiger partial charge on any atom is -0.327 e. The zero-order valence-corrected chi connectivity index (χ0v) is 11.5. The van der Waals surface area contributed by atoms with E-state index in [0.29, 0.717) is 22.8 Å². The van der Waals surface area contributed by atoms with E-state index in [2.05, 4.69) is 44.2 Å². The summed E-state index contributed by atoms with van der Waals surface area (Å²) in [6, 6.07) is 11.4. The van der Waals surface area contributed by atoms with Gasteiger partial charge in [-0.2, -0.15) is 0 Å². The zero-order valence-electron chi connectivity index (χ0n) is 10.6. The van der Waals surface area contributed by atoms with Crippen LogP contribution in [0.15, 0.2) is 30.3 Å². The fourth-order valence-corrected chi connectivity index (χ4v) is 4.02. The Morgan fingerprint density at radius 3 is 2.06 bits per heavy atom. The minimum absolute atomic E-state index is 0. The van der Waals surface area contributed by atoms with E-state index in [1.807, 2.05) is 0 Å². The Labute approximate surface area is 110 Å². The maximum atomic E-state index is 6.33. The molecule has 3 fully saturated rings. The average Bonchev–Trinajstić information content (AvgIpc) is 2.15. The van der Waals surface area contributed by atoms with Crippen molar-refractivity contribution in [2.75, 3.05) is 0 Å². The number of hydrogen-bond acceptors (Lipinski definition) is 1. The number of hydrogen-bond donors (Lipinski definition) is 1. The van der Waals surface area contributed by atoms with Crippen molar-refractivity contribution < 1.29 is 0 Å². The van der Waals surface area contributed by atoms with Crippen LogP contribution in [0, 0.1) is 11.3 Å². The summed E-state index contributed by atoms with van der Waals surface area (Å²) in [5.41, 5.74) is 8.86. The van der Waals surface area contributed by atoms with E-state index >= 15 is 0 Å². The second kappa shape index (κ2) is 4.00. The lowest BCUT2D eigenvalue weighted by atomic mass is 9.31. The first kappa shape index (κ1) is 12.9. The Morgan fingerprint density at radius 2 is 1.59 bits per heavy atom. The van der Waals surface area contributed by atoms with E-state index < -0.39 is 0 Å². The first-order chi connectivity index (χ1) is 7.58. The summed E-state index contributed by atoms with van der Waals surface area (Å²) < 4.78 is 0. The highest BCUT2D eigenvalue weighted by molar-refractivity contribution is 5.85. The fourth-order valence-electron chi connectivity index (χ4n) is 4.02. The topological polar surface area (TPSA) is 26.0 Å². The first-order valence-corrected chi connectivity index (χ1v) is 6.39. The molecule has 1 nitrogen and oxygen atoms in total. The van der Waals surface area contributed by atoms with Crippen molar-refractivity contribution in [3.63, 3.8) is 0 Å². The molecule has 1 aromatic rings. The molecule has 2 bridgehead atoms. The molecule has 2 N–H and O–H groups in total. The highest BCUT2D eigenvalue weighted by Crippen LogP contribution is 2.75. The summed E-state index contributed by atoms with van der Waals surface area (Å²) in [7, 11) is 0. The third kappa shape index (κ3) is 1.63. The molecule has 3 aliphatic carbocycles. The number of nitrogens with two attached hydrogens (primary N) is 1. The lowest BCUT2D eigenvalue weighted by Crippen LogP contribution is -2.71. The number of rotatable bonds is 3. The molecular weight excluding hydrogens is 230 g/mol. The Hall–Kier alpha value is -0.530. The molecule has 2 heteroatoms. The normalized spacial score (nSPS) is 35.5. The molecule has 4 rings (SSSR count). The van der Waals surface area contributed by atoms with Gasteiger partial charge in [-0.3, -0.25) is 0 Å². The van der Waals surface area contributed by atoms with Gasteiger partial charge < -0.3 is 5.73 Å². The maximum Gasteiger partial charge on any atom is 0.0120 e. The second-order valence-corrected chi connectivity index (χ2v) is 6.31. The quantitative estimate of drug-likeness (QED) is 0.874. The zero-order chi connectivity index (χ0) is 11.4. The van der Waals surface area contributed by atoms with Gasteiger partial charge in [0.05, 0.1) is 0 Å². The predicted molar refractivity (Wildman–Crippen MR) is 74.5 cm³/mol. The van der Waals surface area contributed by atoms with Crippen LogP contribution in [0.1, 0.15) is 38.7 Å². The molecule has 3 aliphatic rings. The summed E-state index contributed by atoms with van der Waals surface area (Å²) in [6.07, 6.45) is 3.97. The van der Waals surface area contributed by atoms with Crippen LogP contribution in [0.2, 0.25) is 0 Å². The van der Waals surface area contributed by atoms with Crippen molar-refractivity contribution in [2.45, 2.75) is 44.6 Å². The van der Waals surface area contributed by atoms with Crippen LogP contribution in [-0.4, -0.2) is 6.04 Å². The van der Waals surface area contributed by atoms with E-state index in [9.17, 15) is 0 Å². The summed E-state index contributed by atoms with van der Waals surface area (Å²) >= 11 is 0. The van der Waals surface area contributed by atoms with Gasteiger partial charge in [0, 0.05) is 6.04 Å². The Bertz CT molecular complexity index is 379. The average molecular weight is 252 g/mol. The van der Waals surface area contributed by atoms with Gasteiger partial charge in [0.1, 0.15) is 0 Å². The molecule has 0 aliphatic heterocycles. The molecule has 1 atom stereocenters. The number of halogens is 1. The molecular formula is C15H22ClN. The molecule has 0 radical (unpaired) electrons. The molecule has 0 spiro atoms. The van der Waals surface area contributed by atoms with Crippen molar-refractivity contribution >= 4 is 12.4 Å². The van der Waals surface area contributed by atoms with Gasteiger partial charge in [-0.1, -0.05) is 44.2 Å². The lowest BCUT2D eigenvalue weighted by Gasteiger charge is -2.74. The van der Waals surface area contributed by atoms with Gasteiger partial charge >= 0.3 is 0 Å². The van der Waals surface area contributed by atoms with E-state index in [1.54, 1.807) is 0 Å². The molecule has 0 saturated heterocycles. The SMILES string of the molecule is CC(C)C(N)C12CC(c3ccccc3)(C1)C2.Cl. The molecule has 0 aromatic heterocycles. The summed E-state index contributed by atoms with van der Waals surface area (Å²) in [5.74, 6) is 0.620. The van der Waals surface area contributed by atoms with Gasteiger partial charge in [0.25, 0.3) is 0 Å². The predicted octanol–water partition coefficient (Wildman–Crippen LogP) is 3.51. The van der Waals surface area contributed by atoms with Crippen molar-refractivity contribution in [1.82, 2.24) is 0 Å². The Morgan fingerprint density at radius 1 is 1.06 bits per heavy atom. The van der Waals surface area contributed by atoms with Crippen LogP contribution in [-0.2, 0) is 5.41 Å². The van der Waals surface area contributed by atoms with Crippen molar-refractivity contribution in [3.8, 4) is 0 Å². The second-order valence-electron chi connectivity index (χ2n) is 6.31. The van der Waals surface area contributed by atoms with Gasteiger partial charge in [-0.15, -0.1) is 12.4 Å². The van der Waals surface area contributed by atoms with Crippen LogP contribution >= 0.6 is 12.4 Å². The molecule has 1 aromatic carbocycles. The van der Waals surface area contributed by atoms with Gasteiger partial charge in [0.15, 0.2) is 0 Å². The molecule has 3 saturated carbocycles. The lowest BCUT2D eigenvalue weighted by molar-refractivity contribution is -0.165. The van der Waals surface area contributed by atoms with E-state index in [0.717, 1.165) is 0 Å². The van der Waals surface area contributed by atoms with Crippen LogP contribution in [0.3, 0.4) is 0 Å². The maximum absolute atomic E-state index is 6.33. The smallest absolute Gasteiger partial charge is 0.0120 e. The Kier molecular flexibility index (Phi) is 3.04. The van der Waals surface area contributed by atoms with Crippen LogP contribution < -0.4 is 5.73 Å². The van der Waals surface area contributed by atoms with E-state index in [4.69, 9.17) is 5.73 Å². The summed E-state index contributed by atoms with van der Waals surface area (Å²) in [6.45, 7) is 4.50. The fraction of sp³-hybridized carbons (Fsp3) is 0.600. The summed E-state index contributed by atoms with van der Waals surface area (Å²) in [4.78, 5) is 0. The molecule has 94 valence electrons. The summed E-state index contributed by atoms with van der Waals surface area (Å²) in [5, 5.41) is 0. The first-order valence-electron chi connectivity index (χ1n) is 6.39. The Balaban J connectivity index is 0.00000108. The van der Waals surface area contributed by atoms with Gasteiger partial charge in [-0.05, 0) is 41.6 Å². The van der Waals surface area contributed by atoms with Crippen LogP contribution in [0.4, 0.5) is 0 Å². The molecule has 17 heavy (non-hydrogen) atoms. The molecule has 0 amide bonds. The van der Waals surface area contributed by atoms with Gasteiger partial charge in [0.2, 0.25) is 0 Å². The monoisotopic (exact) mass is 251 g/mol. The van der Waals surface area contributed by atoms with E-state index in [1.165, 1.54) is 24.8 Å². The third-order valence-corrected chi connectivity index (χ3v) is 4.88. The molecule has 1 unspecified atom stereocenters. The van der Waals surface area contributed by atoms with Crippen LogP contribution in [0.25, 0.3) is 0 Å². The van der Waals surface area contributed by atoms with Crippen molar-refractivity contribution in [1.29, 1.82) is 0 Å². The third-order valence-electron chi connectivity index (χ3n) is 4.88. The standard InChI is InChI=1S/C15H21N.ClH/c1-11(2)13(16)15-8-14(9-15,10-15)12-6-4-3-5-7-12;/h3-7,11,13H,8-10,16H2,1-2H3;1H. The van der Waals surface area contributed by atoms with Gasteiger partial charge in [-0.25, -0.2) is 0 Å². The van der Waals surface area contributed by atoms with Crippen molar-refractivity contribution in [3.05, 3.63) is 35.9 Å².